The minimum absolute atomic E-state index is 0.0343. The van der Waals surface area contributed by atoms with Gasteiger partial charge in [0, 0.05) is 13.1 Å². The summed E-state index contributed by atoms with van der Waals surface area (Å²) in [6.07, 6.45) is -0.627. The number of hydrogen-bond donors (Lipinski definition) is 2. The van der Waals surface area contributed by atoms with Crippen molar-refractivity contribution in [3.8, 4) is 0 Å². The second-order valence-electron chi connectivity index (χ2n) is 5.13. The van der Waals surface area contributed by atoms with Gasteiger partial charge in [-0.1, -0.05) is 30.3 Å². The Labute approximate surface area is 145 Å². The Kier molecular flexibility index (Phi) is 8.05. The van der Waals surface area contributed by atoms with Crippen LogP contribution < -0.4 is 5.32 Å². The molecule has 24 heavy (non-hydrogen) atoms. The first-order chi connectivity index (χ1) is 11.4. The summed E-state index contributed by atoms with van der Waals surface area (Å²) >= 11 is 5.87. The van der Waals surface area contributed by atoms with E-state index in [9.17, 15) is 19.5 Å². The van der Waals surface area contributed by atoms with Crippen molar-refractivity contribution in [3.63, 3.8) is 0 Å². The van der Waals surface area contributed by atoms with E-state index in [0.717, 1.165) is 5.56 Å². The van der Waals surface area contributed by atoms with Crippen molar-refractivity contribution < 1.29 is 24.2 Å². The molecule has 2 amide bonds. The third-order valence-corrected chi connectivity index (χ3v) is 3.54. The maximum Gasteiger partial charge on any atom is 0.406 e. The van der Waals surface area contributed by atoms with Gasteiger partial charge in [-0.05, 0) is 18.9 Å². The fraction of sp³-hybridized carbons (Fsp3) is 0.438. The van der Waals surface area contributed by atoms with Gasteiger partial charge in [0.15, 0.2) is 0 Å². The predicted molar refractivity (Wildman–Crippen MR) is 88.8 cm³/mol. The molecular formula is C16H21ClN2O5. The molecule has 132 valence electrons. The quantitative estimate of drug-likeness (QED) is 0.693. The van der Waals surface area contributed by atoms with E-state index >= 15 is 0 Å². The predicted octanol–water partition coefficient (Wildman–Crippen LogP) is 1.84. The van der Waals surface area contributed by atoms with E-state index in [1.165, 1.54) is 18.9 Å². The van der Waals surface area contributed by atoms with E-state index in [4.69, 9.17) is 11.6 Å². The van der Waals surface area contributed by atoms with Crippen LogP contribution in [0.2, 0.25) is 0 Å². The summed E-state index contributed by atoms with van der Waals surface area (Å²) in [5, 5.41) is 11.0. The third kappa shape index (κ3) is 6.08. The van der Waals surface area contributed by atoms with Gasteiger partial charge in [-0.25, -0.2) is 9.59 Å². The molecule has 0 aliphatic heterocycles. The highest BCUT2D eigenvalue weighted by Crippen LogP contribution is 2.15. The van der Waals surface area contributed by atoms with Gasteiger partial charge in [-0.2, -0.15) is 0 Å². The van der Waals surface area contributed by atoms with Crippen LogP contribution in [0.5, 0.6) is 0 Å². The number of aliphatic carboxylic acids is 1. The average Bonchev–Trinajstić information content (AvgIpc) is 2.56. The van der Waals surface area contributed by atoms with Crippen LogP contribution in [-0.4, -0.2) is 53.0 Å². The number of ether oxygens (including phenoxy) is 1. The molecule has 0 aliphatic rings. The average molecular weight is 357 g/mol. The van der Waals surface area contributed by atoms with Gasteiger partial charge in [-0.15, -0.1) is 11.6 Å². The van der Waals surface area contributed by atoms with E-state index < -0.39 is 29.4 Å². The molecule has 2 atom stereocenters. The molecule has 0 saturated heterocycles. The fourth-order valence-corrected chi connectivity index (χ4v) is 2.27. The first-order valence-corrected chi connectivity index (χ1v) is 7.83. The number of carbonyl (C=O) groups excluding carboxylic acids is 2. The zero-order valence-corrected chi connectivity index (χ0v) is 14.3. The lowest BCUT2D eigenvalue weighted by Crippen LogP contribution is -2.48. The van der Waals surface area contributed by atoms with Crippen LogP contribution in [0.1, 0.15) is 18.9 Å². The van der Waals surface area contributed by atoms with E-state index in [2.05, 4.69) is 10.1 Å². The molecule has 1 rings (SSSR count). The minimum Gasteiger partial charge on any atom is -0.480 e. The number of alkyl carbamates (subject to hydrolysis) is 1. The highest BCUT2D eigenvalue weighted by molar-refractivity contribution is 6.30. The van der Waals surface area contributed by atoms with Gasteiger partial charge >= 0.3 is 12.1 Å². The third-order valence-electron chi connectivity index (χ3n) is 3.35. The van der Waals surface area contributed by atoms with Crippen molar-refractivity contribution in [2.45, 2.75) is 31.3 Å². The van der Waals surface area contributed by atoms with Crippen molar-refractivity contribution in [2.24, 2.45) is 0 Å². The summed E-state index contributed by atoms with van der Waals surface area (Å²) in [4.78, 5) is 36.3. The molecule has 0 heterocycles. The Balaban J connectivity index is 2.92. The first kappa shape index (κ1) is 19.8. The number of alkyl halides is 1. The Morgan fingerprint density at radius 1 is 1.29 bits per heavy atom. The Hall–Kier alpha value is -2.28. The number of carboxylic acid groups (broad SMARTS) is 1. The number of nitrogens with one attached hydrogen (secondary N) is 1. The second kappa shape index (κ2) is 9.77. The normalized spacial score (nSPS) is 12.8. The van der Waals surface area contributed by atoms with Crippen LogP contribution in [0.15, 0.2) is 30.3 Å². The summed E-state index contributed by atoms with van der Waals surface area (Å²) in [5.41, 5.74) is 0.787. The second-order valence-corrected chi connectivity index (χ2v) is 5.78. The van der Waals surface area contributed by atoms with Gasteiger partial charge < -0.3 is 20.1 Å². The minimum atomic E-state index is -1.16. The van der Waals surface area contributed by atoms with Gasteiger partial charge in [0.25, 0.3) is 0 Å². The lowest BCUT2D eigenvalue weighted by Gasteiger charge is -2.30. The van der Waals surface area contributed by atoms with Crippen LogP contribution in [0.25, 0.3) is 0 Å². The highest BCUT2D eigenvalue weighted by Gasteiger charge is 2.31. The molecule has 0 saturated carbocycles. The van der Waals surface area contributed by atoms with Gasteiger partial charge in [0.05, 0.1) is 7.11 Å². The van der Waals surface area contributed by atoms with Crippen LogP contribution in [0.3, 0.4) is 0 Å². The number of rotatable bonds is 8. The number of carboxylic acids is 1. The first-order valence-electron chi connectivity index (χ1n) is 7.40. The molecule has 0 aromatic heterocycles. The molecule has 1 aromatic carbocycles. The Bertz CT molecular complexity index is 565. The highest BCUT2D eigenvalue weighted by atomic mass is 35.5. The van der Waals surface area contributed by atoms with Crippen molar-refractivity contribution in [1.82, 2.24) is 10.2 Å². The van der Waals surface area contributed by atoms with Gasteiger partial charge in [0.2, 0.25) is 5.91 Å². The SMILES string of the molecule is COC(=O)NCC[C@@H](C(=O)O)N(Cc1ccccc1)C(=O)[C@@H](C)Cl. The summed E-state index contributed by atoms with van der Waals surface area (Å²) < 4.78 is 4.44. The van der Waals surface area contributed by atoms with E-state index in [-0.39, 0.29) is 19.5 Å². The smallest absolute Gasteiger partial charge is 0.406 e. The molecule has 2 N–H and O–H groups in total. The zero-order valence-electron chi connectivity index (χ0n) is 13.6. The Morgan fingerprint density at radius 3 is 2.42 bits per heavy atom. The lowest BCUT2D eigenvalue weighted by atomic mass is 10.1. The molecule has 0 fully saturated rings. The number of hydrogen-bond acceptors (Lipinski definition) is 4. The van der Waals surface area contributed by atoms with Gasteiger partial charge in [-0.3, -0.25) is 4.79 Å². The molecule has 7 nitrogen and oxygen atoms in total. The molecule has 1 aromatic rings. The summed E-state index contributed by atoms with van der Waals surface area (Å²) in [6.45, 7) is 1.66. The molecule has 8 heteroatoms. The van der Waals surface area contributed by atoms with E-state index in [1.54, 1.807) is 24.3 Å². The molecule has 0 aliphatic carbocycles. The molecule has 0 spiro atoms. The number of nitrogens with zero attached hydrogens (tertiary/aromatic N) is 1. The topological polar surface area (TPSA) is 95.9 Å². The maximum absolute atomic E-state index is 12.4. The fourth-order valence-electron chi connectivity index (χ4n) is 2.15. The van der Waals surface area contributed by atoms with Gasteiger partial charge in [0.1, 0.15) is 11.4 Å². The van der Waals surface area contributed by atoms with Crippen LogP contribution >= 0.6 is 11.6 Å². The number of amides is 2. The summed E-state index contributed by atoms with van der Waals surface area (Å²) in [6, 6.07) is 7.91. The Morgan fingerprint density at radius 2 is 1.92 bits per heavy atom. The van der Waals surface area contributed by atoms with Crippen molar-refractivity contribution in [2.75, 3.05) is 13.7 Å². The van der Waals surface area contributed by atoms with Crippen molar-refractivity contribution in [1.29, 1.82) is 0 Å². The molecule has 0 radical (unpaired) electrons. The van der Waals surface area contributed by atoms with Crippen LogP contribution in [0, 0.1) is 0 Å². The summed E-state index contributed by atoms with van der Waals surface area (Å²) in [5.74, 6) is -1.64. The van der Waals surface area contributed by atoms with E-state index in [0.29, 0.717) is 0 Å². The standard InChI is InChI=1S/C16H21ClN2O5/c1-11(17)14(20)19(10-12-6-4-3-5-7-12)13(15(21)22)8-9-18-16(23)24-2/h3-7,11,13H,8-10H2,1-2H3,(H,18,23)(H,21,22)/t11-,13+/m1/s1. The number of carbonyl (C=O) groups is 3. The molecule has 0 bridgehead atoms. The lowest BCUT2D eigenvalue weighted by molar-refractivity contribution is -0.150. The molecule has 0 unspecified atom stereocenters. The van der Waals surface area contributed by atoms with Crippen LogP contribution in [-0.2, 0) is 20.9 Å². The zero-order chi connectivity index (χ0) is 18.1. The summed E-state index contributed by atoms with van der Waals surface area (Å²) in [7, 11) is 1.21. The number of benzene rings is 1. The monoisotopic (exact) mass is 356 g/mol. The van der Waals surface area contributed by atoms with E-state index in [1.807, 2.05) is 6.07 Å². The maximum atomic E-state index is 12.4. The van der Waals surface area contributed by atoms with Crippen LogP contribution in [0.4, 0.5) is 4.79 Å². The number of methoxy groups -OCH3 is 1. The largest absolute Gasteiger partial charge is 0.480 e. The van der Waals surface area contributed by atoms with Crippen molar-refractivity contribution >= 4 is 29.6 Å². The van der Waals surface area contributed by atoms with Crippen molar-refractivity contribution in [3.05, 3.63) is 35.9 Å². The number of halogens is 1. The molecular weight excluding hydrogens is 336 g/mol.